The number of carbonyl (C=O) groups is 2. The maximum absolute atomic E-state index is 12.8. The summed E-state index contributed by atoms with van der Waals surface area (Å²) in [5.74, 6) is 0.389. The van der Waals surface area contributed by atoms with Crippen molar-refractivity contribution in [3.05, 3.63) is 94.0 Å². The van der Waals surface area contributed by atoms with Crippen LogP contribution in [0.3, 0.4) is 0 Å². The van der Waals surface area contributed by atoms with Gasteiger partial charge in [-0.15, -0.1) is 11.8 Å². The van der Waals surface area contributed by atoms with Crippen molar-refractivity contribution in [2.24, 2.45) is 0 Å². The van der Waals surface area contributed by atoms with E-state index in [-0.39, 0.29) is 17.2 Å². The largest absolute Gasteiger partial charge is 0.322 e. The van der Waals surface area contributed by atoms with Crippen molar-refractivity contribution in [2.75, 3.05) is 16.0 Å². The molecule has 0 radical (unpaired) electrons. The molecule has 0 aliphatic carbocycles. The highest BCUT2D eigenvalue weighted by Gasteiger charge is 2.35. The number of aryl methyl sites for hydroxylation is 1. The number of benzene rings is 3. The number of halogens is 1. The standard InChI is InChI=1S/C25H23BrN2O2S/c1-2-7-17-8-3-4-13-22(17)28-23(29)16-31-25(28)19-10-6-12-21(15-19)27-24(30)18-9-5-11-20(26)14-18/h3-6,8-15,25H,2,7,16H2,1H3,(H,27,30)/t25-/m0/s1. The Bertz CT molecular complexity index is 1120. The van der Waals surface area contributed by atoms with E-state index in [0.717, 1.165) is 28.6 Å². The molecule has 0 saturated carbocycles. The number of para-hydroxylation sites is 1. The smallest absolute Gasteiger partial charge is 0.255 e. The second-order valence-corrected chi connectivity index (χ2v) is 9.38. The molecule has 1 fully saturated rings. The van der Waals surface area contributed by atoms with E-state index in [1.54, 1.807) is 23.9 Å². The van der Waals surface area contributed by atoms with Gasteiger partial charge in [0.2, 0.25) is 5.91 Å². The van der Waals surface area contributed by atoms with Crippen molar-refractivity contribution in [1.82, 2.24) is 0 Å². The third kappa shape index (κ3) is 4.86. The van der Waals surface area contributed by atoms with Gasteiger partial charge in [-0.1, -0.05) is 65.7 Å². The molecule has 3 aromatic carbocycles. The zero-order chi connectivity index (χ0) is 21.8. The normalized spacial score (nSPS) is 15.9. The first-order chi connectivity index (χ1) is 15.1. The number of nitrogens with zero attached hydrogens (tertiary/aromatic N) is 1. The summed E-state index contributed by atoms with van der Waals surface area (Å²) in [5, 5.41) is 2.86. The first kappa shape index (κ1) is 21.7. The fourth-order valence-corrected chi connectivity index (χ4v) is 5.32. The Morgan fingerprint density at radius 1 is 1.10 bits per heavy atom. The van der Waals surface area contributed by atoms with E-state index in [1.165, 1.54) is 5.56 Å². The Morgan fingerprint density at radius 2 is 1.90 bits per heavy atom. The minimum absolute atomic E-state index is 0.113. The van der Waals surface area contributed by atoms with Crippen LogP contribution in [0.25, 0.3) is 0 Å². The molecule has 0 unspecified atom stereocenters. The Kier molecular flexibility index (Phi) is 6.78. The second-order valence-electron chi connectivity index (χ2n) is 7.40. The minimum Gasteiger partial charge on any atom is -0.322 e. The summed E-state index contributed by atoms with van der Waals surface area (Å²) in [7, 11) is 0. The summed E-state index contributed by atoms with van der Waals surface area (Å²) in [6, 6.07) is 23.2. The highest BCUT2D eigenvalue weighted by molar-refractivity contribution is 9.10. The van der Waals surface area contributed by atoms with E-state index in [9.17, 15) is 9.59 Å². The Morgan fingerprint density at radius 3 is 2.71 bits per heavy atom. The van der Waals surface area contributed by atoms with Crippen LogP contribution in [0.2, 0.25) is 0 Å². The molecule has 4 nitrogen and oxygen atoms in total. The summed E-state index contributed by atoms with van der Waals surface area (Å²) in [6.07, 6.45) is 1.95. The van der Waals surface area contributed by atoms with Crippen molar-refractivity contribution < 1.29 is 9.59 Å². The number of amides is 2. The number of hydrogen-bond acceptors (Lipinski definition) is 3. The molecule has 0 aromatic heterocycles. The second kappa shape index (κ2) is 9.71. The van der Waals surface area contributed by atoms with Crippen LogP contribution in [-0.4, -0.2) is 17.6 Å². The van der Waals surface area contributed by atoms with Crippen molar-refractivity contribution in [1.29, 1.82) is 0 Å². The minimum atomic E-state index is -0.168. The molecule has 1 atom stereocenters. The van der Waals surface area contributed by atoms with E-state index < -0.39 is 0 Å². The lowest BCUT2D eigenvalue weighted by Gasteiger charge is -2.27. The van der Waals surface area contributed by atoms with Crippen molar-refractivity contribution >= 4 is 50.9 Å². The van der Waals surface area contributed by atoms with Crippen molar-refractivity contribution in [3.8, 4) is 0 Å². The van der Waals surface area contributed by atoms with Crippen LogP contribution in [-0.2, 0) is 11.2 Å². The lowest BCUT2D eigenvalue weighted by atomic mass is 10.1. The molecular formula is C25H23BrN2O2S. The highest BCUT2D eigenvalue weighted by atomic mass is 79.9. The topological polar surface area (TPSA) is 49.4 Å². The molecule has 31 heavy (non-hydrogen) atoms. The van der Waals surface area contributed by atoms with Crippen molar-refractivity contribution in [2.45, 2.75) is 25.1 Å². The average Bonchev–Trinajstić information content (AvgIpc) is 3.16. The highest BCUT2D eigenvalue weighted by Crippen LogP contribution is 2.43. The van der Waals surface area contributed by atoms with Gasteiger partial charge in [0.1, 0.15) is 5.37 Å². The van der Waals surface area contributed by atoms with Gasteiger partial charge >= 0.3 is 0 Å². The third-order valence-corrected chi connectivity index (χ3v) is 6.86. The molecule has 1 saturated heterocycles. The van der Waals surface area contributed by atoms with E-state index in [1.807, 2.05) is 59.5 Å². The molecule has 1 aliphatic rings. The maximum atomic E-state index is 12.8. The molecule has 1 N–H and O–H groups in total. The van der Waals surface area contributed by atoms with Gasteiger partial charge in [-0.05, 0) is 53.9 Å². The van der Waals surface area contributed by atoms with Crippen LogP contribution in [0.15, 0.2) is 77.3 Å². The first-order valence-corrected chi connectivity index (χ1v) is 12.1. The summed E-state index contributed by atoms with van der Waals surface area (Å²) in [5.41, 5.74) is 4.46. The Labute approximate surface area is 195 Å². The first-order valence-electron chi connectivity index (χ1n) is 10.2. The number of thioether (sulfide) groups is 1. The van der Waals surface area contributed by atoms with Gasteiger partial charge in [-0.25, -0.2) is 0 Å². The van der Waals surface area contributed by atoms with Crippen LogP contribution < -0.4 is 10.2 Å². The predicted octanol–water partition coefficient (Wildman–Crippen LogP) is 6.43. The van der Waals surface area contributed by atoms with Crippen LogP contribution in [0.4, 0.5) is 11.4 Å². The van der Waals surface area contributed by atoms with Gasteiger partial charge in [-0.3, -0.25) is 14.5 Å². The fourth-order valence-electron chi connectivity index (χ4n) is 3.76. The molecular weight excluding hydrogens is 472 g/mol. The summed E-state index contributed by atoms with van der Waals surface area (Å²) in [6.45, 7) is 2.15. The molecule has 4 rings (SSSR count). The summed E-state index contributed by atoms with van der Waals surface area (Å²) < 4.78 is 0.858. The molecule has 1 aliphatic heterocycles. The SMILES string of the molecule is CCCc1ccccc1N1C(=O)CS[C@H]1c1cccc(NC(=O)c2cccc(Br)c2)c1. The molecule has 2 amide bonds. The van der Waals surface area contributed by atoms with Crippen molar-refractivity contribution in [3.63, 3.8) is 0 Å². The predicted molar refractivity (Wildman–Crippen MR) is 132 cm³/mol. The summed E-state index contributed by atoms with van der Waals surface area (Å²) in [4.78, 5) is 27.4. The van der Waals surface area contributed by atoms with Gasteiger partial charge < -0.3 is 5.32 Å². The zero-order valence-electron chi connectivity index (χ0n) is 17.2. The number of hydrogen-bond donors (Lipinski definition) is 1. The van der Waals surface area contributed by atoms with Gasteiger partial charge in [0.15, 0.2) is 0 Å². The maximum Gasteiger partial charge on any atom is 0.255 e. The van der Waals surface area contributed by atoms with E-state index >= 15 is 0 Å². The monoisotopic (exact) mass is 494 g/mol. The molecule has 3 aromatic rings. The number of carbonyl (C=O) groups excluding carboxylic acids is 2. The number of nitrogens with one attached hydrogen (secondary N) is 1. The quantitative estimate of drug-likeness (QED) is 0.429. The Hall–Kier alpha value is -2.57. The molecule has 6 heteroatoms. The van der Waals surface area contributed by atoms with Crippen LogP contribution in [0.5, 0.6) is 0 Å². The van der Waals surface area contributed by atoms with E-state index in [4.69, 9.17) is 0 Å². The average molecular weight is 495 g/mol. The molecule has 0 bridgehead atoms. The lowest BCUT2D eigenvalue weighted by Crippen LogP contribution is -2.28. The van der Waals surface area contributed by atoms with E-state index in [2.05, 4.69) is 34.2 Å². The lowest BCUT2D eigenvalue weighted by molar-refractivity contribution is -0.115. The van der Waals surface area contributed by atoms with Gasteiger partial charge in [0.05, 0.1) is 5.75 Å². The zero-order valence-corrected chi connectivity index (χ0v) is 19.6. The number of anilines is 2. The molecule has 0 spiro atoms. The molecule has 158 valence electrons. The third-order valence-electron chi connectivity index (χ3n) is 5.15. The fraction of sp³-hybridized carbons (Fsp3) is 0.200. The Balaban J connectivity index is 1.61. The van der Waals surface area contributed by atoms with E-state index in [0.29, 0.717) is 17.0 Å². The summed E-state index contributed by atoms with van der Waals surface area (Å²) >= 11 is 5.02. The molecule has 1 heterocycles. The number of rotatable bonds is 6. The van der Waals surface area contributed by atoms with Crippen LogP contribution in [0, 0.1) is 0 Å². The van der Waals surface area contributed by atoms with Gasteiger partial charge in [0.25, 0.3) is 5.91 Å². The van der Waals surface area contributed by atoms with Crippen LogP contribution >= 0.6 is 27.7 Å². The van der Waals surface area contributed by atoms with Crippen LogP contribution in [0.1, 0.15) is 40.2 Å². The van der Waals surface area contributed by atoms with Gasteiger partial charge in [0, 0.05) is 21.4 Å². The van der Waals surface area contributed by atoms with Gasteiger partial charge in [-0.2, -0.15) is 0 Å².